The van der Waals surface area contributed by atoms with Crippen molar-refractivity contribution in [3.05, 3.63) is 83.4 Å². The first-order valence-corrected chi connectivity index (χ1v) is 15.3. The molecule has 2 atom stereocenters. The molecule has 3 aromatic rings. The molecular formula is C32H41N3O6S. The van der Waals surface area contributed by atoms with Gasteiger partial charge in [-0.3, -0.25) is 13.9 Å². The van der Waals surface area contributed by atoms with Crippen LogP contribution in [0.3, 0.4) is 0 Å². The molecule has 0 saturated heterocycles. The number of aryl methyl sites for hydroxylation is 2. The number of hydrogen-bond acceptors (Lipinski definition) is 6. The van der Waals surface area contributed by atoms with Crippen molar-refractivity contribution in [1.82, 2.24) is 10.2 Å². The Morgan fingerprint density at radius 2 is 1.60 bits per heavy atom. The van der Waals surface area contributed by atoms with Crippen molar-refractivity contribution >= 4 is 27.5 Å². The van der Waals surface area contributed by atoms with Crippen LogP contribution >= 0.6 is 0 Å². The van der Waals surface area contributed by atoms with Crippen LogP contribution in [0.5, 0.6) is 11.5 Å². The molecule has 0 unspecified atom stereocenters. The quantitative estimate of drug-likeness (QED) is 0.303. The van der Waals surface area contributed by atoms with Crippen molar-refractivity contribution in [2.75, 3.05) is 25.1 Å². The minimum atomic E-state index is -4.26. The largest absolute Gasteiger partial charge is 0.497 e. The molecule has 0 saturated carbocycles. The standard InChI is InChI=1S/C32H41N3O6S/c1-8-24(4)33-32(37)25(5)34(20-26-11-9-10-23(3)18-26)31(36)21-35(29-19-27(40-6)14-17-30(29)41-7)42(38,39)28-15-12-22(2)13-16-28/h9-19,24-25H,8,20-21H2,1-7H3,(H,33,37)/t24-,25-/m0/s1. The predicted molar refractivity (Wildman–Crippen MR) is 164 cm³/mol. The summed E-state index contributed by atoms with van der Waals surface area (Å²) in [5, 5.41) is 2.94. The molecule has 0 radical (unpaired) electrons. The predicted octanol–water partition coefficient (Wildman–Crippen LogP) is 4.85. The Hall–Kier alpha value is -4.05. The second-order valence-corrected chi connectivity index (χ2v) is 12.2. The number of benzene rings is 3. The lowest BCUT2D eigenvalue weighted by Gasteiger charge is -2.33. The summed E-state index contributed by atoms with van der Waals surface area (Å²) in [5.74, 6) is -0.242. The van der Waals surface area contributed by atoms with E-state index in [1.165, 1.54) is 37.3 Å². The molecule has 0 fully saturated rings. The molecule has 0 aliphatic heterocycles. The number of nitrogens with zero attached hydrogens (tertiary/aromatic N) is 2. The Kier molecular flexibility index (Phi) is 11.0. The first-order chi connectivity index (χ1) is 19.9. The van der Waals surface area contributed by atoms with E-state index in [-0.39, 0.29) is 34.8 Å². The van der Waals surface area contributed by atoms with Gasteiger partial charge in [-0.15, -0.1) is 0 Å². The maximum Gasteiger partial charge on any atom is 0.264 e. The monoisotopic (exact) mass is 595 g/mol. The zero-order valence-electron chi connectivity index (χ0n) is 25.4. The number of carbonyl (C=O) groups is 2. The van der Waals surface area contributed by atoms with Crippen LogP contribution in [-0.2, 0) is 26.2 Å². The summed E-state index contributed by atoms with van der Waals surface area (Å²) in [4.78, 5) is 28.8. The third kappa shape index (κ3) is 7.82. The summed E-state index contributed by atoms with van der Waals surface area (Å²) in [5.41, 5.74) is 2.85. The van der Waals surface area contributed by atoms with Gasteiger partial charge < -0.3 is 19.7 Å². The average molecular weight is 596 g/mol. The molecule has 3 aromatic carbocycles. The topological polar surface area (TPSA) is 105 Å². The summed E-state index contributed by atoms with van der Waals surface area (Å²) >= 11 is 0. The van der Waals surface area contributed by atoms with E-state index < -0.39 is 28.5 Å². The average Bonchev–Trinajstić information content (AvgIpc) is 2.97. The zero-order valence-corrected chi connectivity index (χ0v) is 26.2. The Morgan fingerprint density at radius 1 is 0.905 bits per heavy atom. The summed E-state index contributed by atoms with van der Waals surface area (Å²) in [6, 6.07) is 17.8. The summed E-state index contributed by atoms with van der Waals surface area (Å²) < 4.78 is 40.2. The highest BCUT2D eigenvalue weighted by Crippen LogP contribution is 2.36. The van der Waals surface area contributed by atoms with Crippen LogP contribution in [0.2, 0.25) is 0 Å². The molecular weight excluding hydrogens is 554 g/mol. The summed E-state index contributed by atoms with van der Waals surface area (Å²) in [6.45, 7) is 8.84. The normalized spacial score (nSPS) is 12.6. The molecule has 0 aliphatic rings. The third-order valence-electron chi connectivity index (χ3n) is 7.15. The molecule has 0 spiro atoms. The lowest BCUT2D eigenvalue weighted by molar-refractivity contribution is -0.139. The smallest absolute Gasteiger partial charge is 0.264 e. The van der Waals surface area contributed by atoms with E-state index >= 15 is 0 Å². The fraction of sp³-hybridized carbons (Fsp3) is 0.375. The molecule has 0 aromatic heterocycles. The van der Waals surface area contributed by atoms with E-state index in [1.807, 2.05) is 52.0 Å². The molecule has 0 heterocycles. The van der Waals surface area contributed by atoms with Gasteiger partial charge in [-0.2, -0.15) is 0 Å². The Balaban J connectivity index is 2.12. The minimum Gasteiger partial charge on any atom is -0.497 e. The second-order valence-electron chi connectivity index (χ2n) is 10.4. The first kappa shape index (κ1) is 32.5. The van der Waals surface area contributed by atoms with Crippen LogP contribution < -0.4 is 19.1 Å². The van der Waals surface area contributed by atoms with Crippen LogP contribution in [0, 0.1) is 13.8 Å². The van der Waals surface area contributed by atoms with Crippen LogP contribution in [0.4, 0.5) is 5.69 Å². The minimum absolute atomic E-state index is 0.0126. The highest BCUT2D eigenvalue weighted by Gasteiger charge is 2.34. The highest BCUT2D eigenvalue weighted by atomic mass is 32.2. The van der Waals surface area contributed by atoms with Gasteiger partial charge >= 0.3 is 0 Å². The molecule has 1 N–H and O–H groups in total. The van der Waals surface area contributed by atoms with Gasteiger partial charge in [0.25, 0.3) is 10.0 Å². The van der Waals surface area contributed by atoms with Gasteiger partial charge in [0.2, 0.25) is 11.8 Å². The molecule has 0 aliphatic carbocycles. The maximum absolute atomic E-state index is 14.2. The van der Waals surface area contributed by atoms with E-state index in [4.69, 9.17) is 9.47 Å². The number of rotatable bonds is 13. The van der Waals surface area contributed by atoms with E-state index in [1.54, 1.807) is 31.2 Å². The SMILES string of the molecule is CC[C@H](C)NC(=O)[C@H](C)N(Cc1cccc(C)c1)C(=O)CN(c1cc(OC)ccc1OC)S(=O)(=O)c1ccc(C)cc1. The van der Waals surface area contributed by atoms with Gasteiger partial charge in [-0.25, -0.2) is 8.42 Å². The molecule has 10 heteroatoms. The van der Waals surface area contributed by atoms with Crippen LogP contribution in [-0.4, -0.2) is 58.0 Å². The number of sulfonamides is 1. The van der Waals surface area contributed by atoms with Gasteiger partial charge in [0.15, 0.2) is 0 Å². The molecule has 226 valence electrons. The second kappa shape index (κ2) is 14.2. The van der Waals surface area contributed by atoms with Crippen molar-refractivity contribution < 1.29 is 27.5 Å². The lowest BCUT2D eigenvalue weighted by Crippen LogP contribution is -2.52. The van der Waals surface area contributed by atoms with Gasteiger partial charge in [-0.05, 0) is 63.9 Å². The number of methoxy groups -OCH3 is 2. The molecule has 3 rings (SSSR count). The van der Waals surface area contributed by atoms with Crippen molar-refractivity contribution in [2.24, 2.45) is 0 Å². The number of carbonyl (C=O) groups excluding carboxylic acids is 2. The van der Waals surface area contributed by atoms with Crippen molar-refractivity contribution in [3.63, 3.8) is 0 Å². The molecule has 2 amide bonds. The highest BCUT2D eigenvalue weighted by molar-refractivity contribution is 7.92. The number of nitrogens with one attached hydrogen (secondary N) is 1. The first-order valence-electron chi connectivity index (χ1n) is 13.9. The van der Waals surface area contributed by atoms with Crippen molar-refractivity contribution in [3.8, 4) is 11.5 Å². The lowest BCUT2D eigenvalue weighted by atomic mass is 10.1. The van der Waals surface area contributed by atoms with Crippen LogP contribution in [0.1, 0.15) is 43.9 Å². The zero-order chi connectivity index (χ0) is 31.0. The van der Waals surface area contributed by atoms with E-state index in [9.17, 15) is 18.0 Å². The van der Waals surface area contributed by atoms with Gasteiger partial charge in [0.05, 0.1) is 24.8 Å². The van der Waals surface area contributed by atoms with Crippen molar-refractivity contribution in [1.29, 1.82) is 0 Å². The molecule has 0 bridgehead atoms. The fourth-order valence-electron chi connectivity index (χ4n) is 4.40. The van der Waals surface area contributed by atoms with E-state index in [0.717, 1.165) is 27.4 Å². The number of anilines is 1. The number of ether oxygens (including phenoxy) is 2. The van der Waals surface area contributed by atoms with Crippen molar-refractivity contribution in [2.45, 2.75) is 64.6 Å². The van der Waals surface area contributed by atoms with E-state index in [2.05, 4.69) is 5.32 Å². The number of amides is 2. The molecule has 9 nitrogen and oxygen atoms in total. The number of hydrogen-bond donors (Lipinski definition) is 1. The maximum atomic E-state index is 14.2. The fourth-order valence-corrected chi connectivity index (χ4v) is 5.81. The Bertz CT molecular complexity index is 1490. The Labute approximate surface area is 249 Å². The third-order valence-corrected chi connectivity index (χ3v) is 8.92. The van der Waals surface area contributed by atoms with Gasteiger partial charge in [0, 0.05) is 18.7 Å². The van der Waals surface area contributed by atoms with Crippen LogP contribution in [0.25, 0.3) is 0 Å². The van der Waals surface area contributed by atoms with Crippen LogP contribution in [0.15, 0.2) is 71.6 Å². The summed E-state index contributed by atoms with van der Waals surface area (Å²) in [6.07, 6.45) is 0.725. The van der Waals surface area contributed by atoms with Gasteiger partial charge in [-0.1, -0.05) is 54.4 Å². The van der Waals surface area contributed by atoms with Gasteiger partial charge in [0.1, 0.15) is 24.1 Å². The summed E-state index contributed by atoms with van der Waals surface area (Å²) in [7, 11) is -1.36. The molecule has 42 heavy (non-hydrogen) atoms. The Morgan fingerprint density at radius 3 is 2.19 bits per heavy atom. The van der Waals surface area contributed by atoms with E-state index in [0.29, 0.717) is 5.75 Å².